The number of nitrogens with one attached hydrogen (secondary N) is 3. The molecule has 28 heavy (non-hydrogen) atoms. The lowest BCUT2D eigenvalue weighted by Crippen LogP contribution is -2.36. The quantitative estimate of drug-likeness (QED) is 0.464. The van der Waals surface area contributed by atoms with Crippen LogP contribution in [0.3, 0.4) is 0 Å². The lowest BCUT2D eigenvalue weighted by atomic mass is 10.0. The lowest BCUT2D eigenvalue weighted by Gasteiger charge is -2.18. The van der Waals surface area contributed by atoms with E-state index in [1.165, 1.54) is 0 Å². The second-order valence-corrected chi connectivity index (χ2v) is 6.51. The van der Waals surface area contributed by atoms with E-state index in [0.717, 1.165) is 28.4 Å². The molecule has 2 aromatic rings. The first kappa shape index (κ1) is 21.0. The topological polar surface area (TPSA) is 113 Å². The van der Waals surface area contributed by atoms with E-state index in [4.69, 9.17) is 9.84 Å². The number of methoxy groups -OCH3 is 1. The van der Waals surface area contributed by atoms with E-state index in [9.17, 15) is 9.59 Å². The molecule has 0 spiro atoms. The van der Waals surface area contributed by atoms with E-state index in [0.29, 0.717) is 19.3 Å². The molecule has 1 aromatic carbocycles. The molecule has 0 saturated carbocycles. The van der Waals surface area contributed by atoms with Gasteiger partial charge in [0, 0.05) is 37.1 Å². The molecule has 0 saturated heterocycles. The van der Waals surface area contributed by atoms with Crippen LogP contribution in [0.5, 0.6) is 5.75 Å². The molecule has 0 aliphatic rings. The molecule has 8 heteroatoms. The highest BCUT2D eigenvalue weighted by molar-refractivity contribution is 5.75. The van der Waals surface area contributed by atoms with Gasteiger partial charge in [0.05, 0.1) is 13.2 Å². The van der Waals surface area contributed by atoms with E-state index >= 15 is 0 Å². The van der Waals surface area contributed by atoms with Crippen molar-refractivity contribution < 1.29 is 19.4 Å². The first-order chi connectivity index (χ1) is 13.5. The maximum Gasteiger partial charge on any atom is 0.405 e. The van der Waals surface area contributed by atoms with Crippen LogP contribution in [0.1, 0.15) is 13.3 Å². The summed E-state index contributed by atoms with van der Waals surface area (Å²) in [6.45, 7) is 2.54. The van der Waals surface area contributed by atoms with Gasteiger partial charge in [-0.2, -0.15) is 0 Å². The Labute approximate surface area is 164 Å². The fourth-order valence-electron chi connectivity index (χ4n) is 2.89. The van der Waals surface area contributed by atoms with Crippen molar-refractivity contribution >= 4 is 23.9 Å². The van der Waals surface area contributed by atoms with Gasteiger partial charge < -0.3 is 30.6 Å². The molecule has 0 aliphatic carbocycles. The molecule has 4 N–H and O–H groups in total. The van der Waals surface area contributed by atoms with Crippen molar-refractivity contribution in [1.29, 1.82) is 0 Å². The number of aromatic nitrogens is 1. The zero-order chi connectivity index (χ0) is 20.5. The highest BCUT2D eigenvalue weighted by Crippen LogP contribution is 2.33. The fraction of sp³-hybridized carbons (Fsp3) is 0.350. The fourth-order valence-corrected chi connectivity index (χ4v) is 2.89. The van der Waals surface area contributed by atoms with E-state index < -0.39 is 12.1 Å². The second kappa shape index (κ2) is 10.1. The van der Waals surface area contributed by atoms with E-state index in [1.807, 2.05) is 44.3 Å². The Morgan fingerprint density at radius 3 is 2.75 bits per heavy atom. The summed E-state index contributed by atoms with van der Waals surface area (Å²) in [7, 11) is 3.44. The van der Waals surface area contributed by atoms with Crippen LogP contribution in [0.15, 0.2) is 36.5 Å². The van der Waals surface area contributed by atoms with Crippen molar-refractivity contribution in [3.8, 4) is 16.9 Å². The molecular weight excluding hydrogens is 360 g/mol. The molecule has 2 unspecified atom stereocenters. The van der Waals surface area contributed by atoms with Crippen molar-refractivity contribution in [2.75, 3.05) is 31.3 Å². The van der Waals surface area contributed by atoms with Crippen LogP contribution in [0.25, 0.3) is 11.1 Å². The Bertz CT molecular complexity index is 813. The Balaban J connectivity index is 2.05. The van der Waals surface area contributed by atoms with Gasteiger partial charge >= 0.3 is 6.09 Å². The Hall–Kier alpha value is -3.29. The van der Waals surface area contributed by atoms with Gasteiger partial charge in [-0.15, -0.1) is 0 Å². The summed E-state index contributed by atoms with van der Waals surface area (Å²) >= 11 is 0. The van der Waals surface area contributed by atoms with Gasteiger partial charge in [0.15, 0.2) is 0 Å². The summed E-state index contributed by atoms with van der Waals surface area (Å²) in [6, 6.07) is 9.00. The molecule has 0 radical (unpaired) electrons. The molecule has 1 heterocycles. The molecular formula is C20H26N4O4. The molecule has 0 fully saturated rings. The van der Waals surface area contributed by atoms with Crippen LogP contribution in [0.4, 0.5) is 16.3 Å². The highest BCUT2D eigenvalue weighted by atomic mass is 16.5. The molecule has 2 rings (SSSR count). The number of nitrogens with zero attached hydrogens (tertiary/aromatic N) is 1. The maximum absolute atomic E-state index is 11.0. The van der Waals surface area contributed by atoms with Crippen molar-refractivity contribution in [2.24, 2.45) is 5.92 Å². The number of anilines is 2. The molecule has 8 nitrogen and oxygen atoms in total. The summed E-state index contributed by atoms with van der Waals surface area (Å²) in [4.78, 5) is 25.9. The van der Waals surface area contributed by atoms with Gasteiger partial charge in [-0.05, 0) is 42.2 Å². The Morgan fingerprint density at radius 2 is 2.11 bits per heavy atom. The third kappa shape index (κ3) is 5.87. The smallest absolute Gasteiger partial charge is 0.405 e. The third-order valence-corrected chi connectivity index (χ3v) is 4.31. The summed E-state index contributed by atoms with van der Waals surface area (Å²) < 4.78 is 5.54. The number of amides is 1. The van der Waals surface area contributed by atoms with Crippen LogP contribution >= 0.6 is 0 Å². The third-order valence-electron chi connectivity index (χ3n) is 4.31. The Morgan fingerprint density at radius 1 is 1.32 bits per heavy atom. The Kier molecular flexibility index (Phi) is 7.62. The number of hydrogen-bond donors (Lipinski definition) is 4. The van der Waals surface area contributed by atoms with Crippen molar-refractivity contribution in [1.82, 2.24) is 10.3 Å². The van der Waals surface area contributed by atoms with Gasteiger partial charge in [-0.25, -0.2) is 9.78 Å². The number of ether oxygens (including phenoxy) is 1. The molecule has 1 aromatic heterocycles. The first-order valence-corrected chi connectivity index (χ1v) is 8.97. The van der Waals surface area contributed by atoms with Gasteiger partial charge in [-0.3, -0.25) is 0 Å². The highest BCUT2D eigenvalue weighted by Gasteiger charge is 2.15. The van der Waals surface area contributed by atoms with Crippen molar-refractivity contribution in [3.63, 3.8) is 0 Å². The predicted octanol–water partition coefficient (Wildman–Crippen LogP) is 3.07. The van der Waals surface area contributed by atoms with Crippen LogP contribution in [-0.2, 0) is 4.79 Å². The largest absolute Gasteiger partial charge is 0.496 e. The van der Waals surface area contributed by atoms with Gasteiger partial charge in [-0.1, -0.05) is 6.92 Å². The average molecular weight is 386 g/mol. The number of pyridine rings is 1. The minimum atomic E-state index is -1.20. The van der Waals surface area contributed by atoms with Crippen LogP contribution < -0.4 is 20.7 Å². The summed E-state index contributed by atoms with van der Waals surface area (Å²) in [5.41, 5.74) is 2.82. The molecule has 150 valence electrons. The minimum Gasteiger partial charge on any atom is -0.496 e. The normalized spacial score (nSPS) is 12.5. The summed E-state index contributed by atoms with van der Waals surface area (Å²) in [5.74, 6) is 1.59. The zero-order valence-corrected chi connectivity index (χ0v) is 16.2. The van der Waals surface area contributed by atoms with Crippen LogP contribution in [0, 0.1) is 5.92 Å². The molecule has 2 atom stereocenters. The van der Waals surface area contributed by atoms with Gasteiger partial charge in [0.25, 0.3) is 0 Å². The van der Waals surface area contributed by atoms with Crippen LogP contribution in [0.2, 0.25) is 0 Å². The van der Waals surface area contributed by atoms with E-state index in [-0.39, 0.29) is 5.92 Å². The number of carbonyl (C=O) groups excluding carboxylic acids is 1. The maximum atomic E-state index is 11.0. The van der Waals surface area contributed by atoms with Crippen molar-refractivity contribution in [2.45, 2.75) is 19.4 Å². The minimum absolute atomic E-state index is 0.0890. The second-order valence-electron chi connectivity index (χ2n) is 6.51. The number of aldehydes is 1. The first-order valence-electron chi connectivity index (χ1n) is 8.97. The molecule has 0 aliphatic heterocycles. The number of rotatable bonds is 10. The SMILES string of the molecule is CNc1cc(-c2ccc(NCC(C)CC(C=O)NC(=O)O)cc2OC)ccn1. The number of hydrogen-bond acceptors (Lipinski definition) is 6. The van der Waals surface area contributed by atoms with E-state index in [2.05, 4.69) is 20.9 Å². The standard InChI is InChI=1S/C20H26N4O4/c1-13(8-16(12-25)24-20(26)27)11-23-15-4-5-17(18(10-15)28-3)14-6-7-22-19(9-14)21-2/h4-7,9-10,12-13,16,23-24H,8,11H2,1-3H3,(H,21,22)(H,26,27). The summed E-state index contributed by atoms with van der Waals surface area (Å²) in [6.07, 6.45) is 1.58. The number of benzene rings is 1. The van der Waals surface area contributed by atoms with E-state index in [1.54, 1.807) is 13.3 Å². The molecule has 0 bridgehead atoms. The predicted molar refractivity (Wildman–Crippen MR) is 109 cm³/mol. The van der Waals surface area contributed by atoms with Gasteiger partial charge in [0.2, 0.25) is 0 Å². The summed E-state index contributed by atoms with van der Waals surface area (Å²) in [5, 5.41) is 17.3. The average Bonchev–Trinajstić information content (AvgIpc) is 2.71. The number of carbonyl (C=O) groups is 2. The number of carboxylic acid groups (broad SMARTS) is 1. The van der Waals surface area contributed by atoms with Crippen LogP contribution in [-0.4, -0.2) is 49.2 Å². The van der Waals surface area contributed by atoms with Crippen molar-refractivity contribution in [3.05, 3.63) is 36.5 Å². The van der Waals surface area contributed by atoms with Gasteiger partial charge in [0.1, 0.15) is 17.9 Å². The molecule has 1 amide bonds. The monoisotopic (exact) mass is 386 g/mol. The lowest BCUT2D eigenvalue weighted by molar-refractivity contribution is -0.109. The zero-order valence-electron chi connectivity index (χ0n) is 16.2.